The van der Waals surface area contributed by atoms with Crippen molar-refractivity contribution in [1.82, 2.24) is 0 Å². The molecule has 1 heterocycles. The highest BCUT2D eigenvalue weighted by Crippen LogP contribution is 2.50. The minimum absolute atomic E-state index is 0.00778. The molecule has 0 spiro atoms. The molecule has 0 aromatic carbocycles. The van der Waals surface area contributed by atoms with Crippen LogP contribution in [0.4, 0.5) is 0 Å². The number of hydrogen-bond acceptors (Lipinski definition) is 5. The summed E-state index contributed by atoms with van der Waals surface area (Å²) < 4.78 is 27.5. The van der Waals surface area contributed by atoms with Crippen molar-refractivity contribution in [1.29, 1.82) is 0 Å². The van der Waals surface area contributed by atoms with E-state index >= 15 is 0 Å². The van der Waals surface area contributed by atoms with Gasteiger partial charge in [0.15, 0.2) is 0 Å². The van der Waals surface area contributed by atoms with E-state index < -0.39 is 37.6 Å². The van der Waals surface area contributed by atoms with Crippen LogP contribution in [0.3, 0.4) is 0 Å². The Morgan fingerprint density at radius 1 is 1.37 bits per heavy atom. The molecular formula is C11H22BO6P. The van der Waals surface area contributed by atoms with E-state index in [9.17, 15) is 14.6 Å². The van der Waals surface area contributed by atoms with Gasteiger partial charge in [-0.1, -0.05) is 13.8 Å². The Balaban J connectivity index is 2.63. The Bertz CT molecular complexity index is 337. The topological polar surface area (TPSA) is 85.2 Å². The summed E-state index contributed by atoms with van der Waals surface area (Å²) in [6.07, 6.45) is -2.78. The van der Waals surface area contributed by atoms with Crippen molar-refractivity contribution in [3.63, 3.8) is 0 Å². The minimum atomic E-state index is -3.81. The van der Waals surface area contributed by atoms with Gasteiger partial charge in [-0.15, -0.1) is 0 Å². The summed E-state index contributed by atoms with van der Waals surface area (Å²) in [5, 5.41) is 10.0. The summed E-state index contributed by atoms with van der Waals surface area (Å²) in [5.74, 6) is 0. The monoisotopic (exact) mass is 292 g/mol. The fraction of sp³-hybridized carbons (Fsp3) is 1.00. The van der Waals surface area contributed by atoms with E-state index in [0.29, 0.717) is 0 Å². The molecule has 2 radical (unpaired) electrons. The molecule has 6 nitrogen and oxygen atoms in total. The van der Waals surface area contributed by atoms with Crippen LogP contribution in [0.5, 0.6) is 0 Å². The smallest absolute Gasteiger partial charge is 0.331 e. The maximum atomic E-state index is 11.8. The van der Waals surface area contributed by atoms with Gasteiger partial charge in [0.05, 0.1) is 18.4 Å². The molecular weight excluding hydrogens is 270 g/mol. The lowest BCUT2D eigenvalue weighted by atomic mass is 9.93. The number of aliphatic hydroxyl groups is 1. The Morgan fingerprint density at radius 3 is 2.42 bits per heavy atom. The first-order chi connectivity index (χ1) is 8.65. The molecule has 5 atom stereocenters. The van der Waals surface area contributed by atoms with Crippen LogP contribution in [0.1, 0.15) is 27.7 Å². The summed E-state index contributed by atoms with van der Waals surface area (Å²) in [7, 11) is 1.86. The van der Waals surface area contributed by atoms with Crippen molar-refractivity contribution in [3.8, 4) is 0 Å². The van der Waals surface area contributed by atoms with E-state index in [1.54, 1.807) is 13.8 Å². The second kappa shape index (κ2) is 6.70. The Morgan fingerprint density at radius 2 is 1.95 bits per heavy atom. The van der Waals surface area contributed by atoms with Gasteiger partial charge in [-0.3, -0.25) is 4.57 Å². The van der Waals surface area contributed by atoms with Crippen LogP contribution in [-0.4, -0.2) is 60.5 Å². The van der Waals surface area contributed by atoms with E-state index in [-0.39, 0.29) is 12.7 Å². The predicted octanol–water partition coefficient (Wildman–Crippen LogP) is 0.645. The summed E-state index contributed by atoms with van der Waals surface area (Å²) >= 11 is 0. The predicted molar refractivity (Wildman–Crippen MR) is 71.3 cm³/mol. The van der Waals surface area contributed by atoms with Gasteiger partial charge < -0.3 is 24.0 Å². The average Bonchev–Trinajstić information content (AvgIpc) is 2.53. The highest BCUT2D eigenvalue weighted by molar-refractivity contribution is 7.53. The molecule has 0 saturated carbocycles. The van der Waals surface area contributed by atoms with E-state index in [4.69, 9.17) is 21.8 Å². The van der Waals surface area contributed by atoms with Crippen molar-refractivity contribution in [2.24, 2.45) is 0 Å². The van der Waals surface area contributed by atoms with Crippen molar-refractivity contribution < 1.29 is 28.6 Å². The SMILES string of the molecule is [B][C@@H]1O[C@H](COC(C)C)[C@@H](O)[C@H]1OP(=O)(O)C(C)C. The number of hydrogen-bond donors (Lipinski definition) is 2. The van der Waals surface area contributed by atoms with Gasteiger partial charge in [0.25, 0.3) is 0 Å². The fourth-order valence-corrected chi connectivity index (χ4v) is 2.45. The largest absolute Gasteiger partial charge is 0.388 e. The Kier molecular flexibility index (Phi) is 6.05. The highest BCUT2D eigenvalue weighted by atomic mass is 31.2. The first kappa shape index (κ1) is 17.1. The number of ether oxygens (including phenoxy) is 2. The normalized spacial score (nSPS) is 34.9. The summed E-state index contributed by atoms with van der Waals surface area (Å²) in [6, 6.07) is -0.949. The molecule has 0 amide bonds. The van der Waals surface area contributed by atoms with Gasteiger partial charge in [0, 0.05) is 6.00 Å². The summed E-state index contributed by atoms with van der Waals surface area (Å²) in [5.41, 5.74) is -0.571. The quantitative estimate of drug-likeness (QED) is 0.552. The summed E-state index contributed by atoms with van der Waals surface area (Å²) in [6.45, 7) is 7.00. The van der Waals surface area contributed by atoms with Crippen LogP contribution in [-0.2, 0) is 18.6 Å². The Hall–Kier alpha value is 0.0949. The van der Waals surface area contributed by atoms with Crippen molar-refractivity contribution in [3.05, 3.63) is 0 Å². The second-order valence-electron chi connectivity index (χ2n) is 5.24. The molecule has 0 bridgehead atoms. The van der Waals surface area contributed by atoms with E-state index in [1.807, 2.05) is 13.8 Å². The lowest BCUT2D eigenvalue weighted by Crippen LogP contribution is -2.37. The third-order valence-electron chi connectivity index (χ3n) is 2.89. The van der Waals surface area contributed by atoms with Gasteiger partial charge in [-0.2, -0.15) is 0 Å². The van der Waals surface area contributed by atoms with Gasteiger partial charge in [-0.25, -0.2) is 0 Å². The first-order valence-corrected chi connectivity index (χ1v) is 8.01. The molecule has 1 unspecified atom stereocenters. The van der Waals surface area contributed by atoms with Crippen LogP contribution >= 0.6 is 7.60 Å². The zero-order valence-electron chi connectivity index (χ0n) is 11.7. The third-order valence-corrected chi connectivity index (χ3v) is 4.74. The molecule has 1 fully saturated rings. The van der Waals surface area contributed by atoms with Crippen molar-refractivity contribution in [2.75, 3.05) is 6.61 Å². The molecule has 1 saturated heterocycles. The van der Waals surface area contributed by atoms with Gasteiger partial charge >= 0.3 is 7.60 Å². The van der Waals surface area contributed by atoms with Gasteiger partial charge in [0.1, 0.15) is 26.2 Å². The molecule has 0 aromatic heterocycles. The fourth-order valence-electron chi connectivity index (χ4n) is 1.61. The summed E-state index contributed by atoms with van der Waals surface area (Å²) in [4.78, 5) is 9.67. The van der Waals surface area contributed by atoms with Crippen LogP contribution < -0.4 is 0 Å². The van der Waals surface area contributed by atoms with Crippen LogP contribution in [0.2, 0.25) is 0 Å². The molecule has 0 aliphatic carbocycles. The van der Waals surface area contributed by atoms with E-state index in [1.165, 1.54) is 0 Å². The standard InChI is InChI=1S/C11H22BO6P/c1-6(2)16-5-8-9(13)10(11(12)17-8)18-19(14,15)7(3)4/h6-11,13H,5H2,1-4H3,(H,14,15)/t8-,9-,10-,11-/m1/s1. The average molecular weight is 292 g/mol. The van der Waals surface area contributed by atoms with Crippen LogP contribution in [0.15, 0.2) is 0 Å². The molecule has 1 rings (SSSR count). The zero-order valence-corrected chi connectivity index (χ0v) is 12.6. The molecule has 0 aromatic rings. The maximum absolute atomic E-state index is 11.8. The Labute approximate surface area is 115 Å². The molecule has 110 valence electrons. The lowest BCUT2D eigenvalue weighted by molar-refractivity contribution is -0.0486. The number of rotatable bonds is 6. The first-order valence-electron chi connectivity index (χ1n) is 6.36. The second-order valence-corrected chi connectivity index (χ2v) is 7.61. The zero-order chi connectivity index (χ0) is 14.8. The van der Waals surface area contributed by atoms with Crippen LogP contribution in [0, 0.1) is 0 Å². The van der Waals surface area contributed by atoms with Crippen molar-refractivity contribution >= 4 is 15.4 Å². The van der Waals surface area contributed by atoms with E-state index in [0.717, 1.165) is 0 Å². The van der Waals surface area contributed by atoms with E-state index in [2.05, 4.69) is 0 Å². The molecule has 1 aliphatic rings. The molecule has 2 N–H and O–H groups in total. The van der Waals surface area contributed by atoms with Gasteiger partial charge in [-0.05, 0) is 13.8 Å². The molecule has 8 heteroatoms. The van der Waals surface area contributed by atoms with Gasteiger partial charge in [0.2, 0.25) is 0 Å². The van der Waals surface area contributed by atoms with Crippen LogP contribution in [0.25, 0.3) is 0 Å². The number of aliphatic hydroxyl groups excluding tert-OH is 1. The molecule has 19 heavy (non-hydrogen) atoms. The lowest BCUT2D eigenvalue weighted by Gasteiger charge is -2.24. The highest BCUT2D eigenvalue weighted by Gasteiger charge is 2.45. The molecule has 1 aliphatic heterocycles. The third kappa shape index (κ3) is 4.55. The minimum Gasteiger partial charge on any atom is -0.388 e. The maximum Gasteiger partial charge on any atom is 0.331 e. The van der Waals surface area contributed by atoms with Crippen molar-refractivity contribution in [2.45, 2.75) is 63.8 Å².